The van der Waals surface area contributed by atoms with Crippen LogP contribution in [0, 0.1) is 0 Å². The number of hydrogen-bond donors (Lipinski definition) is 1. The van der Waals surface area contributed by atoms with Crippen LogP contribution in [-0.2, 0) is 0 Å². The highest BCUT2D eigenvalue weighted by atomic mass is 16.5. The highest BCUT2D eigenvalue weighted by Crippen LogP contribution is 2.24. The fourth-order valence-electron chi connectivity index (χ4n) is 3.92. The summed E-state index contributed by atoms with van der Waals surface area (Å²) in [5.74, 6) is 1.36. The molecule has 4 heterocycles. The maximum Gasteiger partial charge on any atom is 0.229 e. The van der Waals surface area contributed by atoms with Gasteiger partial charge in [0.05, 0.1) is 30.7 Å². The van der Waals surface area contributed by atoms with Crippen molar-refractivity contribution < 1.29 is 4.74 Å². The van der Waals surface area contributed by atoms with Gasteiger partial charge in [-0.15, -0.1) is 0 Å². The summed E-state index contributed by atoms with van der Waals surface area (Å²) in [6, 6.07) is 8.32. The monoisotopic (exact) mass is 418 g/mol. The summed E-state index contributed by atoms with van der Waals surface area (Å²) >= 11 is 0. The van der Waals surface area contributed by atoms with Crippen LogP contribution in [0.5, 0.6) is 5.75 Å². The molecule has 160 valence electrons. The third-order valence-electron chi connectivity index (χ3n) is 5.64. The van der Waals surface area contributed by atoms with Gasteiger partial charge in [-0.05, 0) is 64.2 Å². The van der Waals surface area contributed by atoms with Crippen molar-refractivity contribution in [3.8, 4) is 11.4 Å². The van der Waals surface area contributed by atoms with Gasteiger partial charge in [0.1, 0.15) is 17.6 Å². The molecule has 5 rings (SSSR count). The van der Waals surface area contributed by atoms with E-state index in [1.807, 2.05) is 48.1 Å². The zero-order valence-corrected chi connectivity index (χ0v) is 17.8. The van der Waals surface area contributed by atoms with Gasteiger partial charge < -0.3 is 15.0 Å². The third-order valence-corrected chi connectivity index (χ3v) is 5.64. The summed E-state index contributed by atoms with van der Waals surface area (Å²) in [6.45, 7) is 4.81. The lowest BCUT2D eigenvalue weighted by atomic mass is 10.1. The maximum atomic E-state index is 5.53. The average molecular weight is 419 g/mol. The summed E-state index contributed by atoms with van der Waals surface area (Å²) in [4.78, 5) is 15.9. The number of nitrogens with one attached hydrogen (secondary N) is 1. The molecule has 1 aliphatic rings. The van der Waals surface area contributed by atoms with Crippen molar-refractivity contribution in [1.82, 2.24) is 34.2 Å². The maximum absolute atomic E-state index is 5.53. The lowest BCUT2D eigenvalue weighted by Gasteiger charge is -2.28. The van der Waals surface area contributed by atoms with E-state index >= 15 is 0 Å². The summed E-state index contributed by atoms with van der Waals surface area (Å²) in [5.41, 5.74) is 3.32. The van der Waals surface area contributed by atoms with Crippen LogP contribution in [-0.4, -0.2) is 60.9 Å². The number of ether oxygens (including phenoxy) is 1. The molecule has 3 aromatic heterocycles. The van der Waals surface area contributed by atoms with Crippen LogP contribution >= 0.6 is 0 Å². The predicted molar refractivity (Wildman–Crippen MR) is 119 cm³/mol. The van der Waals surface area contributed by atoms with Crippen molar-refractivity contribution in [3.05, 3.63) is 49.2 Å². The first-order valence-electron chi connectivity index (χ1n) is 10.6. The minimum atomic E-state index is 0.441. The van der Waals surface area contributed by atoms with E-state index in [0.29, 0.717) is 18.6 Å². The number of likely N-dealkylation sites (tertiary alicyclic amines) is 1. The summed E-state index contributed by atoms with van der Waals surface area (Å²) in [7, 11) is 2.16. The highest BCUT2D eigenvalue weighted by Gasteiger charge is 2.19. The quantitative estimate of drug-likeness (QED) is 0.513. The van der Waals surface area contributed by atoms with Gasteiger partial charge in [-0.25, -0.2) is 9.97 Å². The number of nitrogens with zero attached hydrogens (tertiary/aromatic N) is 7. The Balaban J connectivity index is 1.36. The number of benzene rings is 1. The molecule has 1 saturated heterocycles. The molecule has 0 aliphatic carbocycles. The second-order valence-corrected chi connectivity index (χ2v) is 7.81. The van der Waals surface area contributed by atoms with Crippen LogP contribution in [0.2, 0.25) is 0 Å². The topological polar surface area (TPSA) is 85.9 Å². The number of imidazole rings is 1. The number of anilines is 2. The molecule has 0 amide bonds. The van der Waals surface area contributed by atoms with Gasteiger partial charge >= 0.3 is 0 Å². The molecule has 0 radical (unpaired) electrons. The van der Waals surface area contributed by atoms with Gasteiger partial charge in [-0.2, -0.15) is 10.1 Å². The smallest absolute Gasteiger partial charge is 0.229 e. The first kappa shape index (κ1) is 19.5. The highest BCUT2D eigenvalue weighted by molar-refractivity contribution is 5.74. The lowest BCUT2D eigenvalue weighted by molar-refractivity contribution is 0.212. The Morgan fingerprint density at radius 1 is 1.10 bits per heavy atom. The van der Waals surface area contributed by atoms with E-state index < -0.39 is 0 Å². The van der Waals surface area contributed by atoms with Crippen molar-refractivity contribution in [2.24, 2.45) is 0 Å². The number of aromatic nitrogens is 6. The number of fused-ring (bicyclic) bond motifs is 1. The second-order valence-electron chi connectivity index (χ2n) is 7.81. The molecule has 31 heavy (non-hydrogen) atoms. The minimum Gasteiger partial charge on any atom is -0.494 e. The molecule has 0 atom stereocenters. The number of piperidine rings is 1. The molecular weight excluding hydrogens is 392 g/mol. The van der Waals surface area contributed by atoms with E-state index in [4.69, 9.17) is 9.72 Å². The Morgan fingerprint density at radius 3 is 2.68 bits per heavy atom. The molecular formula is C22H26N8O. The molecule has 1 aromatic carbocycles. The van der Waals surface area contributed by atoms with E-state index in [1.54, 1.807) is 12.5 Å². The molecule has 0 unspecified atom stereocenters. The largest absolute Gasteiger partial charge is 0.494 e. The van der Waals surface area contributed by atoms with Crippen molar-refractivity contribution in [3.63, 3.8) is 0 Å². The Bertz CT molecular complexity index is 1160. The Kier molecular flexibility index (Phi) is 5.25. The molecule has 0 saturated carbocycles. The van der Waals surface area contributed by atoms with Crippen LogP contribution in [0.15, 0.2) is 49.2 Å². The average Bonchev–Trinajstić information content (AvgIpc) is 3.42. The fraction of sp³-hybridized carbons (Fsp3) is 0.364. The van der Waals surface area contributed by atoms with E-state index in [0.717, 1.165) is 54.2 Å². The number of rotatable bonds is 6. The van der Waals surface area contributed by atoms with E-state index in [9.17, 15) is 0 Å². The van der Waals surface area contributed by atoms with E-state index in [-0.39, 0.29) is 0 Å². The van der Waals surface area contributed by atoms with Crippen molar-refractivity contribution in [2.75, 3.05) is 32.1 Å². The van der Waals surface area contributed by atoms with Crippen molar-refractivity contribution in [2.45, 2.75) is 25.8 Å². The van der Waals surface area contributed by atoms with Crippen LogP contribution in [0.3, 0.4) is 0 Å². The Hall–Kier alpha value is -3.46. The van der Waals surface area contributed by atoms with Crippen LogP contribution < -0.4 is 10.1 Å². The third kappa shape index (κ3) is 4.09. The first-order chi connectivity index (χ1) is 15.2. The second kappa shape index (κ2) is 8.35. The molecule has 1 aliphatic heterocycles. The Labute approximate surface area is 180 Å². The summed E-state index contributed by atoms with van der Waals surface area (Å²) in [6.07, 6.45) is 9.58. The van der Waals surface area contributed by atoms with Gasteiger partial charge in [0.15, 0.2) is 5.65 Å². The van der Waals surface area contributed by atoms with Crippen LogP contribution in [0.1, 0.15) is 25.8 Å². The first-order valence-corrected chi connectivity index (χ1v) is 10.6. The molecule has 4 aromatic rings. The van der Waals surface area contributed by atoms with Crippen LogP contribution in [0.4, 0.5) is 11.6 Å². The van der Waals surface area contributed by atoms with Crippen LogP contribution in [0.25, 0.3) is 16.9 Å². The minimum absolute atomic E-state index is 0.441. The van der Waals surface area contributed by atoms with E-state index in [2.05, 4.69) is 37.0 Å². The standard InChI is InChI=1S/C22H26N8O/c1-3-31-19-6-4-17(5-7-19)29-15-24-20-13-23-22(27-21(20)29)26-16-12-25-30(14-16)18-8-10-28(2)11-9-18/h4-7,12-15,18H,3,8-11H2,1-2H3,(H,23,26,27). The van der Waals surface area contributed by atoms with Crippen molar-refractivity contribution >= 4 is 22.8 Å². The molecule has 9 heteroatoms. The Morgan fingerprint density at radius 2 is 1.90 bits per heavy atom. The van der Waals surface area contributed by atoms with Gasteiger partial charge in [0.2, 0.25) is 5.95 Å². The molecule has 9 nitrogen and oxygen atoms in total. The van der Waals surface area contributed by atoms with Crippen molar-refractivity contribution in [1.29, 1.82) is 0 Å². The van der Waals surface area contributed by atoms with Gasteiger partial charge in [0.25, 0.3) is 0 Å². The van der Waals surface area contributed by atoms with E-state index in [1.165, 1.54) is 0 Å². The molecule has 1 N–H and O–H groups in total. The zero-order chi connectivity index (χ0) is 21.2. The predicted octanol–water partition coefficient (Wildman–Crippen LogP) is 3.42. The summed E-state index contributed by atoms with van der Waals surface area (Å²) < 4.78 is 9.53. The normalized spacial score (nSPS) is 15.4. The SMILES string of the molecule is CCOc1ccc(-n2cnc3cnc(Nc4cnn(C5CCN(C)CC5)c4)nc32)cc1. The lowest BCUT2D eigenvalue weighted by Crippen LogP contribution is -2.31. The van der Waals surface area contributed by atoms with Gasteiger partial charge in [-0.3, -0.25) is 9.25 Å². The molecule has 0 spiro atoms. The van der Waals surface area contributed by atoms with Gasteiger partial charge in [-0.1, -0.05) is 0 Å². The fourth-order valence-corrected chi connectivity index (χ4v) is 3.92. The molecule has 1 fully saturated rings. The van der Waals surface area contributed by atoms with Gasteiger partial charge in [0, 0.05) is 11.9 Å². The number of hydrogen-bond acceptors (Lipinski definition) is 7. The zero-order valence-electron chi connectivity index (χ0n) is 17.8. The summed E-state index contributed by atoms with van der Waals surface area (Å²) in [5, 5.41) is 7.83. The molecule has 0 bridgehead atoms.